The standard InChI is InChI=1S/C12H20N4O2/c1-9(2)16-6-3-10(8-16)7-15-12(18)11(17)14-5-4-13/h9-10H,3,5-8H2,1-2H3,(H,14,17)(H,15,18). The monoisotopic (exact) mass is 252 g/mol. The number of nitriles is 1. The lowest BCUT2D eigenvalue weighted by molar-refractivity contribution is -0.139. The summed E-state index contributed by atoms with van der Waals surface area (Å²) in [7, 11) is 0. The van der Waals surface area contributed by atoms with Crippen LogP contribution in [-0.2, 0) is 9.59 Å². The van der Waals surface area contributed by atoms with E-state index in [9.17, 15) is 9.59 Å². The lowest BCUT2D eigenvalue weighted by atomic mass is 10.1. The molecule has 0 aliphatic carbocycles. The SMILES string of the molecule is CC(C)N1CCC(CNC(=O)C(=O)NCC#N)C1. The molecule has 1 atom stereocenters. The number of amides is 2. The van der Waals surface area contributed by atoms with Crippen LogP contribution >= 0.6 is 0 Å². The second-order valence-electron chi connectivity index (χ2n) is 4.79. The molecule has 1 heterocycles. The quantitative estimate of drug-likeness (QED) is 0.520. The maximum absolute atomic E-state index is 11.4. The highest BCUT2D eigenvalue weighted by Crippen LogP contribution is 2.17. The zero-order valence-electron chi connectivity index (χ0n) is 10.9. The van der Waals surface area contributed by atoms with E-state index in [0.29, 0.717) is 18.5 Å². The fourth-order valence-corrected chi connectivity index (χ4v) is 2.02. The van der Waals surface area contributed by atoms with Gasteiger partial charge in [0.25, 0.3) is 0 Å². The Morgan fingerprint density at radius 1 is 1.39 bits per heavy atom. The van der Waals surface area contributed by atoms with E-state index in [0.717, 1.165) is 19.5 Å². The number of nitrogens with one attached hydrogen (secondary N) is 2. The summed E-state index contributed by atoms with van der Waals surface area (Å²) < 4.78 is 0. The van der Waals surface area contributed by atoms with Gasteiger partial charge < -0.3 is 15.5 Å². The predicted octanol–water partition coefficient (Wildman–Crippen LogP) is -0.527. The Morgan fingerprint density at radius 3 is 2.61 bits per heavy atom. The van der Waals surface area contributed by atoms with Gasteiger partial charge in [-0.05, 0) is 32.7 Å². The summed E-state index contributed by atoms with van der Waals surface area (Å²) in [6.45, 7) is 6.67. The van der Waals surface area contributed by atoms with E-state index in [1.54, 1.807) is 6.07 Å². The molecule has 100 valence electrons. The molecule has 6 heteroatoms. The largest absolute Gasteiger partial charge is 0.348 e. The van der Waals surface area contributed by atoms with Gasteiger partial charge in [0.2, 0.25) is 0 Å². The Hall–Kier alpha value is -1.61. The van der Waals surface area contributed by atoms with Crippen LogP contribution < -0.4 is 10.6 Å². The van der Waals surface area contributed by atoms with E-state index in [4.69, 9.17) is 5.26 Å². The van der Waals surface area contributed by atoms with E-state index >= 15 is 0 Å². The van der Waals surface area contributed by atoms with Crippen molar-refractivity contribution in [2.24, 2.45) is 5.92 Å². The molecule has 0 bridgehead atoms. The van der Waals surface area contributed by atoms with Crippen LogP contribution in [0.3, 0.4) is 0 Å². The Bertz CT molecular complexity index is 348. The third kappa shape index (κ3) is 4.34. The van der Waals surface area contributed by atoms with Gasteiger partial charge in [-0.25, -0.2) is 0 Å². The molecule has 2 amide bonds. The van der Waals surface area contributed by atoms with E-state index in [-0.39, 0.29) is 6.54 Å². The molecule has 0 aromatic carbocycles. The zero-order valence-corrected chi connectivity index (χ0v) is 10.9. The third-order valence-electron chi connectivity index (χ3n) is 3.13. The summed E-state index contributed by atoms with van der Waals surface area (Å²) in [5, 5.41) is 13.1. The Kier molecular flexibility index (Phi) is 5.59. The van der Waals surface area contributed by atoms with Crippen LogP contribution in [0.5, 0.6) is 0 Å². The van der Waals surface area contributed by atoms with E-state index < -0.39 is 11.8 Å². The topological polar surface area (TPSA) is 85.2 Å². The number of carbonyl (C=O) groups is 2. The summed E-state index contributed by atoms with van der Waals surface area (Å²) in [6, 6.07) is 2.27. The minimum Gasteiger partial charge on any atom is -0.348 e. The highest BCUT2D eigenvalue weighted by Gasteiger charge is 2.25. The number of likely N-dealkylation sites (tertiary alicyclic amines) is 1. The number of rotatable bonds is 4. The molecule has 1 rings (SSSR count). The zero-order chi connectivity index (χ0) is 13.5. The average molecular weight is 252 g/mol. The summed E-state index contributed by atoms with van der Waals surface area (Å²) in [6.07, 6.45) is 1.04. The van der Waals surface area contributed by atoms with E-state index in [1.165, 1.54) is 0 Å². The van der Waals surface area contributed by atoms with Crippen molar-refractivity contribution in [1.29, 1.82) is 5.26 Å². The minimum atomic E-state index is -0.740. The van der Waals surface area contributed by atoms with Crippen molar-refractivity contribution in [3.8, 4) is 6.07 Å². The number of nitrogens with zero attached hydrogens (tertiary/aromatic N) is 2. The first-order chi connectivity index (χ1) is 8.54. The number of carbonyl (C=O) groups excluding carboxylic acids is 2. The highest BCUT2D eigenvalue weighted by atomic mass is 16.2. The van der Waals surface area contributed by atoms with Crippen molar-refractivity contribution in [3.63, 3.8) is 0 Å². The minimum absolute atomic E-state index is 0.142. The third-order valence-corrected chi connectivity index (χ3v) is 3.13. The van der Waals surface area contributed by atoms with Crippen LogP contribution in [0.25, 0.3) is 0 Å². The molecule has 18 heavy (non-hydrogen) atoms. The van der Waals surface area contributed by atoms with Gasteiger partial charge in [0.15, 0.2) is 0 Å². The van der Waals surface area contributed by atoms with Crippen molar-refractivity contribution in [1.82, 2.24) is 15.5 Å². The molecule has 0 radical (unpaired) electrons. The fraction of sp³-hybridized carbons (Fsp3) is 0.750. The van der Waals surface area contributed by atoms with Gasteiger partial charge in [-0.15, -0.1) is 0 Å². The molecule has 1 unspecified atom stereocenters. The molecule has 1 aliphatic heterocycles. The molecular weight excluding hydrogens is 232 g/mol. The highest BCUT2D eigenvalue weighted by molar-refractivity contribution is 6.35. The first-order valence-electron chi connectivity index (χ1n) is 6.21. The fourth-order valence-electron chi connectivity index (χ4n) is 2.02. The molecule has 0 aromatic heterocycles. The Labute approximate surface area is 107 Å². The summed E-state index contributed by atoms with van der Waals surface area (Å²) >= 11 is 0. The molecule has 0 spiro atoms. The van der Waals surface area contributed by atoms with Gasteiger partial charge in [-0.3, -0.25) is 9.59 Å². The van der Waals surface area contributed by atoms with Crippen LogP contribution in [0.1, 0.15) is 20.3 Å². The molecule has 1 fully saturated rings. The average Bonchev–Trinajstić information content (AvgIpc) is 2.81. The maximum atomic E-state index is 11.4. The first kappa shape index (κ1) is 14.5. The van der Waals surface area contributed by atoms with Crippen molar-refractivity contribution in [2.75, 3.05) is 26.2 Å². The molecular formula is C12H20N4O2. The van der Waals surface area contributed by atoms with Crippen molar-refractivity contribution in [2.45, 2.75) is 26.3 Å². The second-order valence-corrected chi connectivity index (χ2v) is 4.79. The van der Waals surface area contributed by atoms with Crippen molar-refractivity contribution >= 4 is 11.8 Å². The van der Waals surface area contributed by atoms with Crippen LogP contribution in [0.2, 0.25) is 0 Å². The molecule has 0 saturated carbocycles. The molecule has 2 N–H and O–H groups in total. The normalized spacial score (nSPS) is 19.6. The van der Waals surface area contributed by atoms with Gasteiger partial charge in [0.05, 0.1) is 6.07 Å². The summed E-state index contributed by atoms with van der Waals surface area (Å²) in [5.41, 5.74) is 0. The Balaban J connectivity index is 2.24. The molecule has 6 nitrogen and oxygen atoms in total. The van der Waals surface area contributed by atoms with Crippen LogP contribution in [0.15, 0.2) is 0 Å². The molecule has 1 aliphatic rings. The van der Waals surface area contributed by atoms with Crippen molar-refractivity contribution < 1.29 is 9.59 Å². The number of hydrogen-bond donors (Lipinski definition) is 2. The van der Waals surface area contributed by atoms with E-state index in [1.807, 2.05) is 0 Å². The van der Waals surface area contributed by atoms with Gasteiger partial charge in [0, 0.05) is 19.1 Å². The van der Waals surface area contributed by atoms with Crippen molar-refractivity contribution in [3.05, 3.63) is 0 Å². The van der Waals surface area contributed by atoms with Gasteiger partial charge >= 0.3 is 11.8 Å². The molecule has 1 saturated heterocycles. The van der Waals surface area contributed by atoms with E-state index in [2.05, 4.69) is 29.4 Å². The maximum Gasteiger partial charge on any atom is 0.310 e. The smallest absolute Gasteiger partial charge is 0.310 e. The lowest BCUT2D eigenvalue weighted by Crippen LogP contribution is -2.42. The number of hydrogen-bond acceptors (Lipinski definition) is 4. The van der Waals surface area contributed by atoms with Crippen LogP contribution in [-0.4, -0.2) is 48.9 Å². The first-order valence-corrected chi connectivity index (χ1v) is 6.21. The van der Waals surface area contributed by atoms with Gasteiger partial charge in [-0.1, -0.05) is 0 Å². The van der Waals surface area contributed by atoms with Crippen LogP contribution in [0.4, 0.5) is 0 Å². The van der Waals surface area contributed by atoms with Gasteiger partial charge in [0.1, 0.15) is 6.54 Å². The summed E-state index contributed by atoms with van der Waals surface area (Å²) in [4.78, 5) is 24.9. The van der Waals surface area contributed by atoms with Crippen LogP contribution in [0, 0.1) is 17.2 Å². The lowest BCUT2D eigenvalue weighted by Gasteiger charge is -2.20. The Morgan fingerprint density at radius 2 is 2.06 bits per heavy atom. The molecule has 0 aromatic rings. The van der Waals surface area contributed by atoms with Gasteiger partial charge in [-0.2, -0.15) is 5.26 Å². The predicted molar refractivity (Wildman–Crippen MR) is 66.4 cm³/mol. The summed E-state index contributed by atoms with van der Waals surface area (Å²) in [5.74, 6) is -0.997. The second kappa shape index (κ2) is 6.97.